The first-order valence-corrected chi connectivity index (χ1v) is 8.61. The summed E-state index contributed by atoms with van der Waals surface area (Å²) in [5.74, 6) is 0.760. The zero-order valence-electron chi connectivity index (χ0n) is 10.7. The summed E-state index contributed by atoms with van der Waals surface area (Å²) in [5, 5.41) is 3.49. The van der Waals surface area contributed by atoms with Crippen LogP contribution in [0, 0.1) is 0 Å². The van der Waals surface area contributed by atoms with Crippen LogP contribution in [-0.2, 0) is 9.84 Å². The molecule has 2 unspecified atom stereocenters. The van der Waals surface area contributed by atoms with Crippen LogP contribution in [0.4, 0.5) is 0 Å². The van der Waals surface area contributed by atoms with Gasteiger partial charge in [0.15, 0.2) is 9.84 Å². The fraction of sp³-hybridized carbons (Fsp3) is 1.00. The lowest BCUT2D eigenvalue weighted by Crippen LogP contribution is -2.48. The minimum Gasteiger partial charge on any atom is -0.313 e. The maximum absolute atomic E-state index is 11.7. The standard InChI is InChI=1S/C12H24N2O2S/c1-2-14(9-11-5-3-7-13-11)12-6-4-8-17(15,16)10-12/h11-13H,2-10H2,1H3. The molecule has 2 atom stereocenters. The predicted molar refractivity (Wildman–Crippen MR) is 69.9 cm³/mol. The average Bonchev–Trinajstić information content (AvgIpc) is 2.77. The van der Waals surface area contributed by atoms with E-state index in [1.165, 1.54) is 12.8 Å². The molecule has 2 fully saturated rings. The Labute approximate surface area is 105 Å². The molecule has 2 aliphatic rings. The molecule has 0 bridgehead atoms. The van der Waals surface area contributed by atoms with Crippen molar-refractivity contribution in [3.63, 3.8) is 0 Å². The first-order valence-electron chi connectivity index (χ1n) is 6.78. The third kappa shape index (κ3) is 3.66. The average molecular weight is 260 g/mol. The molecule has 0 radical (unpaired) electrons. The summed E-state index contributed by atoms with van der Waals surface area (Å²) >= 11 is 0. The van der Waals surface area contributed by atoms with Gasteiger partial charge in [-0.1, -0.05) is 6.92 Å². The molecule has 17 heavy (non-hydrogen) atoms. The number of rotatable bonds is 4. The number of hydrogen-bond donors (Lipinski definition) is 1. The molecule has 0 aromatic rings. The molecule has 0 aliphatic carbocycles. The van der Waals surface area contributed by atoms with Crippen LogP contribution < -0.4 is 5.32 Å². The summed E-state index contributed by atoms with van der Waals surface area (Å²) in [6.07, 6.45) is 4.36. The molecule has 5 heteroatoms. The maximum Gasteiger partial charge on any atom is 0.151 e. The molecule has 100 valence electrons. The van der Waals surface area contributed by atoms with Crippen LogP contribution in [0.5, 0.6) is 0 Å². The second-order valence-corrected chi connectivity index (χ2v) is 7.52. The lowest BCUT2D eigenvalue weighted by molar-refractivity contribution is 0.190. The molecule has 2 saturated heterocycles. The van der Waals surface area contributed by atoms with Gasteiger partial charge in [-0.2, -0.15) is 0 Å². The van der Waals surface area contributed by atoms with Crippen LogP contribution >= 0.6 is 0 Å². The highest BCUT2D eigenvalue weighted by Gasteiger charge is 2.30. The number of likely N-dealkylation sites (N-methyl/N-ethyl adjacent to an activating group) is 1. The Morgan fingerprint density at radius 1 is 1.29 bits per heavy atom. The molecule has 4 nitrogen and oxygen atoms in total. The van der Waals surface area contributed by atoms with Gasteiger partial charge in [0.1, 0.15) is 0 Å². The Morgan fingerprint density at radius 3 is 2.71 bits per heavy atom. The molecule has 0 amide bonds. The fourth-order valence-electron chi connectivity index (χ4n) is 3.02. The second-order valence-electron chi connectivity index (χ2n) is 5.29. The van der Waals surface area contributed by atoms with Gasteiger partial charge in [0.05, 0.1) is 11.5 Å². The molecular weight excluding hydrogens is 236 g/mol. The molecule has 2 aliphatic heterocycles. The van der Waals surface area contributed by atoms with Gasteiger partial charge in [0, 0.05) is 18.6 Å². The zero-order valence-corrected chi connectivity index (χ0v) is 11.5. The Kier molecular flexibility index (Phi) is 4.44. The van der Waals surface area contributed by atoms with E-state index < -0.39 is 9.84 Å². The van der Waals surface area contributed by atoms with Crippen molar-refractivity contribution >= 4 is 9.84 Å². The number of nitrogens with zero attached hydrogens (tertiary/aromatic N) is 1. The first-order chi connectivity index (χ1) is 8.11. The largest absolute Gasteiger partial charge is 0.313 e. The van der Waals surface area contributed by atoms with Gasteiger partial charge in [0.2, 0.25) is 0 Å². The molecule has 2 rings (SSSR count). The smallest absolute Gasteiger partial charge is 0.151 e. The van der Waals surface area contributed by atoms with Gasteiger partial charge in [-0.25, -0.2) is 8.42 Å². The number of hydrogen-bond acceptors (Lipinski definition) is 4. The van der Waals surface area contributed by atoms with Crippen molar-refractivity contribution in [3.05, 3.63) is 0 Å². The van der Waals surface area contributed by atoms with E-state index in [0.29, 0.717) is 17.5 Å². The van der Waals surface area contributed by atoms with E-state index in [2.05, 4.69) is 17.1 Å². The van der Waals surface area contributed by atoms with E-state index in [-0.39, 0.29) is 6.04 Å². The van der Waals surface area contributed by atoms with Crippen LogP contribution in [0.3, 0.4) is 0 Å². The van der Waals surface area contributed by atoms with Crippen molar-refractivity contribution in [1.29, 1.82) is 0 Å². The normalized spacial score (nSPS) is 33.1. The molecule has 1 N–H and O–H groups in total. The van der Waals surface area contributed by atoms with E-state index >= 15 is 0 Å². The number of sulfone groups is 1. The van der Waals surface area contributed by atoms with E-state index in [1.807, 2.05) is 0 Å². The van der Waals surface area contributed by atoms with Gasteiger partial charge in [-0.3, -0.25) is 4.90 Å². The van der Waals surface area contributed by atoms with E-state index in [1.54, 1.807) is 0 Å². The van der Waals surface area contributed by atoms with Gasteiger partial charge >= 0.3 is 0 Å². The van der Waals surface area contributed by atoms with E-state index in [4.69, 9.17) is 0 Å². The van der Waals surface area contributed by atoms with Crippen LogP contribution in [0.2, 0.25) is 0 Å². The Hall–Kier alpha value is -0.130. The van der Waals surface area contributed by atoms with Gasteiger partial charge < -0.3 is 5.32 Å². The zero-order chi connectivity index (χ0) is 12.3. The van der Waals surface area contributed by atoms with Crippen LogP contribution in [0.1, 0.15) is 32.6 Å². The van der Waals surface area contributed by atoms with Gasteiger partial charge in [0.25, 0.3) is 0 Å². The third-order valence-electron chi connectivity index (χ3n) is 3.98. The number of nitrogens with one attached hydrogen (secondary N) is 1. The molecular formula is C12H24N2O2S. The monoisotopic (exact) mass is 260 g/mol. The van der Waals surface area contributed by atoms with Crippen LogP contribution in [-0.4, -0.2) is 56.5 Å². The first kappa shape index (κ1) is 13.3. The molecule has 0 aromatic heterocycles. The predicted octanol–water partition coefficient (Wildman–Crippen LogP) is 0.638. The summed E-state index contributed by atoms with van der Waals surface area (Å²) < 4.78 is 23.4. The second kappa shape index (κ2) is 5.67. The summed E-state index contributed by atoms with van der Waals surface area (Å²) in [4.78, 5) is 2.36. The van der Waals surface area contributed by atoms with Crippen molar-refractivity contribution in [2.24, 2.45) is 0 Å². The minimum absolute atomic E-state index is 0.251. The summed E-state index contributed by atoms with van der Waals surface area (Å²) in [7, 11) is -2.78. The summed E-state index contributed by atoms with van der Waals surface area (Å²) in [6, 6.07) is 0.820. The third-order valence-corrected chi connectivity index (χ3v) is 5.78. The van der Waals surface area contributed by atoms with Gasteiger partial charge in [-0.15, -0.1) is 0 Å². The molecule has 2 heterocycles. The Bertz CT molecular complexity index is 336. The van der Waals surface area contributed by atoms with Crippen molar-refractivity contribution in [2.45, 2.75) is 44.7 Å². The quantitative estimate of drug-likeness (QED) is 0.806. The van der Waals surface area contributed by atoms with Crippen molar-refractivity contribution in [1.82, 2.24) is 10.2 Å². The van der Waals surface area contributed by atoms with Crippen molar-refractivity contribution < 1.29 is 8.42 Å². The van der Waals surface area contributed by atoms with Gasteiger partial charge in [-0.05, 0) is 38.8 Å². The SMILES string of the molecule is CCN(CC1CCCN1)C1CCCS(=O)(=O)C1. The summed E-state index contributed by atoms with van der Waals surface area (Å²) in [6.45, 7) is 5.22. The summed E-state index contributed by atoms with van der Waals surface area (Å²) in [5.41, 5.74) is 0. The molecule has 0 aromatic carbocycles. The van der Waals surface area contributed by atoms with E-state index in [9.17, 15) is 8.42 Å². The van der Waals surface area contributed by atoms with Crippen molar-refractivity contribution in [2.75, 3.05) is 31.1 Å². The van der Waals surface area contributed by atoms with Crippen LogP contribution in [0.25, 0.3) is 0 Å². The van der Waals surface area contributed by atoms with Crippen LogP contribution in [0.15, 0.2) is 0 Å². The fourth-order valence-corrected chi connectivity index (χ4v) is 4.76. The maximum atomic E-state index is 11.7. The minimum atomic E-state index is -2.78. The Morgan fingerprint density at radius 2 is 2.12 bits per heavy atom. The lowest BCUT2D eigenvalue weighted by Gasteiger charge is -2.34. The highest BCUT2D eigenvalue weighted by molar-refractivity contribution is 7.91. The lowest BCUT2D eigenvalue weighted by atomic mass is 10.1. The highest BCUT2D eigenvalue weighted by Crippen LogP contribution is 2.19. The molecule has 0 saturated carbocycles. The Balaban J connectivity index is 1.92. The van der Waals surface area contributed by atoms with E-state index in [0.717, 1.165) is 32.5 Å². The highest BCUT2D eigenvalue weighted by atomic mass is 32.2. The topological polar surface area (TPSA) is 49.4 Å². The molecule has 0 spiro atoms. The van der Waals surface area contributed by atoms with Crippen molar-refractivity contribution in [3.8, 4) is 0 Å².